The van der Waals surface area contributed by atoms with Crippen molar-refractivity contribution >= 4 is 17.3 Å². The number of hydrogen-bond donors (Lipinski definition) is 1. The Morgan fingerprint density at radius 2 is 1.95 bits per heavy atom. The number of rotatable bonds is 5. The summed E-state index contributed by atoms with van der Waals surface area (Å²) in [5.41, 5.74) is 3.31. The lowest BCUT2D eigenvalue weighted by Crippen LogP contribution is -2.00. The number of nitrogens with zero attached hydrogens (tertiary/aromatic N) is 3. The Balaban J connectivity index is 1.60. The molecule has 1 N–H and O–H groups in total. The first kappa shape index (κ1) is 13.6. The molecule has 0 aliphatic rings. The van der Waals surface area contributed by atoms with Crippen molar-refractivity contribution in [3.8, 4) is 0 Å². The summed E-state index contributed by atoms with van der Waals surface area (Å²) in [6.45, 7) is 1.48. The Kier molecular flexibility index (Phi) is 4.17. The van der Waals surface area contributed by atoms with Gasteiger partial charge in [0.1, 0.15) is 5.15 Å². The van der Waals surface area contributed by atoms with Crippen LogP contribution < -0.4 is 5.32 Å². The van der Waals surface area contributed by atoms with Crippen LogP contribution in [0.3, 0.4) is 0 Å². The molecule has 0 atom stereocenters. The lowest BCUT2D eigenvalue weighted by atomic mass is 10.2. The van der Waals surface area contributed by atoms with Gasteiger partial charge in [-0.2, -0.15) is 5.10 Å². The smallest absolute Gasteiger partial charge is 0.131 e. The maximum Gasteiger partial charge on any atom is 0.131 e. The van der Waals surface area contributed by atoms with Crippen LogP contribution in [-0.4, -0.2) is 14.8 Å². The van der Waals surface area contributed by atoms with Crippen LogP contribution in [0.1, 0.15) is 11.1 Å². The van der Waals surface area contributed by atoms with Gasteiger partial charge in [-0.1, -0.05) is 41.9 Å². The molecule has 5 heteroatoms. The molecule has 4 nitrogen and oxygen atoms in total. The van der Waals surface area contributed by atoms with Crippen LogP contribution in [0.5, 0.6) is 0 Å². The average molecular weight is 299 g/mol. The number of anilines is 1. The zero-order chi connectivity index (χ0) is 14.5. The van der Waals surface area contributed by atoms with Crippen molar-refractivity contribution in [2.75, 3.05) is 5.32 Å². The van der Waals surface area contributed by atoms with E-state index in [2.05, 4.69) is 27.5 Å². The lowest BCUT2D eigenvalue weighted by molar-refractivity contribution is 0.686. The van der Waals surface area contributed by atoms with E-state index < -0.39 is 0 Å². The maximum absolute atomic E-state index is 5.85. The molecule has 0 unspecified atom stereocenters. The Morgan fingerprint density at radius 1 is 1.10 bits per heavy atom. The molecule has 1 aromatic carbocycles. The van der Waals surface area contributed by atoms with E-state index in [1.54, 1.807) is 12.3 Å². The summed E-state index contributed by atoms with van der Waals surface area (Å²) in [4.78, 5) is 3.95. The van der Waals surface area contributed by atoms with Gasteiger partial charge in [0.25, 0.3) is 0 Å². The highest BCUT2D eigenvalue weighted by atomic mass is 35.5. The molecule has 0 aliphatic heterocycles. The SMILES string of the molecule is Clc1cc(NCc2cnn(Cc3ccccc3)c2)ccn1. The van der Waals surface area contributed by atoms with Crippen molar-refractivity contribution in [1.82, 2.24) is 14.8 Å². The summed E-state index contributed by atoms with van der Waals surface area (Å²) >= 11 is 5.85. The molecule has 3 aromatic rings. The predicted molar refractivity (Wildman–Crippen MR) is 84.3 cm³/mol. The summed E-state index contributed by atoms with van der Waals surface area (Å²) in [6, 6.07) is 14.0. The van der Waals surface area contributed by atoms with Gasteiger partial charge in [0.2, 0.25) is 0 Å². The molecular weight excluding hydrogens is 284 g/mol. The van der Waals surface area contributed by atoms with E-state index in [0.717, 1.165) is 17.8 Å². The van der Waals surface area contributed by atoms with E-state index in [0.29, 0.717) is 11.7 Å². The molecule has 3 rings (SSSR count). The molecule has 0 spiro atoms. The topological polar surface area (TPSA) is 42.7 Å². The van der Waals surface area contributed by atoms with E-state index in [1.807, 2.05) is 41.3 Å². The van der Waals surface area contributed by atoms with E-state index in [1.165, 1.54) is 5.56 Å². The molecule has 21 heavy (non-hydrogen) atoms. The first-order valence-electron chi connectivity index (χ1n) is 6.70. The first-order valence-corrected chi connectivity index (χ1v) is 7.08. The van der Waals surface area contributed by atoms with Crippen molar-refractivity contribution in [3.63, 3.8) is 0 Å². The second kappa shape index (κ2) is 6.41. The highest BCUT2D eigenvalue weighted by Crippen LogP contribution is 2.13. The monoisotopic (exact) mass is 298 g/mol. The number of pyridine rings is 1. The molecule has 0 saturated carbocycles. The van der Waals surface area contributed by atoms with Gasteiger partial charge in [-0.25, -0.2) is 4.98 Å². The fourth-order valence-corrected chi connectivity index (χ4v) is 2.25. The minimum Gasteiger partial charge on any atom is -0.381 e. The molecule has 106 valence electrons. The van der Waals surface area contributed by atoms with E-state index in [-0.39, 0.29) is 0 Å². The van der Waals surface area contributed by atoms with Crippen molar-refractivity contribution in [3.05, 3.63) is 77.3 Å². The summed E-state index contributed by atoms with van der Waals surface area (Å²) in [6.07, 6.45) is 5.60. The van der Waals surface area contributed by atoms with Crippen molar-refractivity contribution < 1.29 is 0 Å². The van der Waals surface area contributed by atoms with Crippen molar-refractivity contribution in [1.29, 1.82) is 0 Å². The molecule has 0 saturated heterocycles. The Labute approximate surface area is 128 Å². The fraction of sp³-hybridized carbons (Fsp3) is 0.125. The lowest BCUT2D eigenvalue weighted by Gasteiger charge is -2.04. The summed E-state index contributed by atoms with van der Waals surface area (Å²) in [5.74, 6) is 0. The number of benzene rings is 1. The average Bonchev–Trinajstić information content (AvgIpc) is 2.94. The highest BCUT2D eigenvalue weighted by Gasteiger charge is 2.00. The van der Waals surface area contributed by atoms with Crippen LogP contribution in [0.25, 0.3) is 0 Å². The Bertz CT molecular complexity index is 709. The normalized spacial score (nSPS) is 10.5. The fourth-order valence-electron chi connectivity index (χ4n) is 2.07. The van der Waals surface area contributed by atoms with Gasteiger partial charge in [0, 0.05) is 30.2 Å². The maximum atomic E-state index is 5.85. The second-order valence-electron chi connectivity index (χ2n) is 4.75. The third kappa shape index (κ3) is 3.83. The quantitative estimate of drug-likeness (QED) is 0.732. The number of hydrogen-bond acceptors (Lipinski definition) is 3. The zero-order valence-electron chi connectivity index (χ0n) is 11.4. The van der Waals surface area contributed by atoms with Gasteiger partial charge in [0.15, 0.2) is 0 Å². The van der Waals surface area contributed by atoms with Crippen LogP contribution in [0.15, 0.2) is 61.1 Å². The molecule has 0 fully saturated rings. The molecule has 0 bridgehead atoms. The van der Waals surface area contributed by atoms with Gasteiger partial charge in [-0.15, -0.1) is 0 Å². The van der Waals surface area contributed by atoms with Gasteiger partial charge >= 0.3 is 0 Å². The van der Waals surface area contributed by atoms with Crippen LogP contribution in [0, 0.1) is 0 Å². The molecule has 0 aliphatic carbocycles. The van der Waals surface area contributed by atoms with Gasteiger partial charge in [-0.3, -0.25) is 4.68 Å². The summed E-state index contributed by atoms with van der Waals surface area (Å²) in [5, 5.41) is 8.17. The van der Waals surface area contributed by atoms with E-state index >= 15 is 0 Å². The van der Waals surface area contributed by atoms with Gasteiger partial charge < -0.3 is 5.32 Å². The molecule has 0 radical (unpaired) electrons. The molecule has 2 aromatic heterocycles. The number of halogens is 1. The van der Waals surface area contributed by atoms with E-state index in [9.17, 15) is 0 Å². The van der Waals surface area contributed by atoms with E-state index in [4.69, 9.17) is 11.6 Å². The zero-order valence-corrected chi connectivity index (χ0v) is 12.2. The standard InChI is InChI=1S/C16H15ClN4/c17-16-8-15(6-7-18-16)19-9-14-10-20-21(12-14)11-13-4-2-1-3-5-13/h1-8,10,12H,9,11H2,(H,18,19). The summed E-state index contributed by atoms with van der Waals surface area (Å²) < 4.78 is 1.94. The van der Waals surface area contributed by atoms with Crippen LogP contribution in [0.4, 0.5) is 5.69 Å². The number of nitrogens with one attached hydrogen (secondary N) is 1. The summed E-state index contributed by atoms with van der Waals surface area (Å²) in [7, 11) is 0. The second-order valence-corrected chi connectivity index (χ2v) is 5.14. The van der Waals surface area contributed by atoms with Gasteiger partial charge in [-0.05, 0) is 17.7 Å². The minimum absolute atomic E-state index is 0.486. The van der Waals surface area contributed by atoms with Crippen molar-refractivity contribution in [2.24, 2.45) is 0 Å². The van der Waals surface area contributed by atoms with Crippen molar-refractivity contribution in [2.45, 2.75) is 13.1 Å². The largest absolute Gasteiger partial charge is 0.381 e. The first-order chi connectivity index (χ1) is 10.3. The molecular formula is C16H15ClN4. The van der Waals surface area contributed by atoms with Crippen LogP contribution in [0.2, 0.25) is 5.15 Å². The molecule has 0 amide bonds. The Hall–Kier alpha value is -2.33. The van der Waals surface area contributed by atoms with Crippen LogP contribution >= 0.6 is 11.6 Å². The third-order valence-electron chi connectivity index (χ3n) is 3.10. The van der Waals surface area contributed by atoms with Crippen LogP contribution in [-0.2, 0) is 13.1 Å². The highest BCUT2D eigenvalue weighted by molar-refractivity contribution is 6.29. The third-order valence-corrected chi connectivity index (χ3v) is 3.30. The minimum atomic E-state index is 0.486. The van der Waals surface area contributed by atoms with Gasteiger partial charge in [0.05, 0.1) is 12.7 Å². The Morgan fingerprint density at radius 3 is 2.76 bits per heavy atom. The predicted octanol–water partition coefficient (Wildman–Crippen LogP) is 3.59. The number of aromatic nitrogens is 3. The molecule has 2 heterocycles.